The maximum absolute atomic E-state index is 13.8. The van der Waals surface area contributed by atoms with Gasteiger partial charge >= 0.3 is 0 Å². The van der Waals surface area contributed by atoms with Gasteiger partial charge in [-0.2, -0.15) is 0 Å². The average molecular weight is 326 g/mol. The van der Waals surface area contributed by atoms with Crippen molar-refractivity contribution in [3.05, 3.63) is 69.0 Å². The first-order valence-corrected chi connectivity index (χ1v) is 7.16. The Morgan fingerprint density at radius 1 is 1.14 bits per heavy atom. The van der Waals surface area contributed by atoms with Crippen molar-refractivity contribution < 1.29 is 9.18 Å². The number of hydrogen-bond acceptors (Lipinski definition) is 1. The highest BCUT2D eigenvalue weighted by Crippen LogP contribution is 2.25. The van der Waals surface area contributed by atoms with E-state index < -0.39 is 11.7 Å². The highest BCUT2D eigenvalue weighted by Gasteiger charge is 2.15. The molecule has 0 saturated heterocycles. The Labute approximate surface area is 132 Å². The van der Waals surface area contributed by atoms with Crippen molar-refractivity contribution in [2.24, 2.45) is 0 Å². The van der Waals surface area contributed by atoms with Gasteiger partial charge in [0.05, 0.1) is 21.7 Å². The lowest BCUT2D eigenvalue weighted by Crippen LogP contribution is -2.27. The minimum absolute atomic E-state index is 0.0208. The largest absolute Gasteiger partial charge is 0.345 e. The number of hydrogen-bond donors (Lipinski definition) is 1. The molecule has 21 heavy (non-hydrogen) atoms. The van der Waals surface area contributed by atoms with E-state index >= 15 is 0 Å². The second-order valence-corrected chi connectivity index (χ2v) is 5.67. The van der Waals surface area contributed by atoms with E-state index in [9.17, 15) is 9.18 Å². The van der Waals surface area contributed by atoms with E-state index in [4.69, 9.17) is 23.2 Å². The molecule has 0 bridgehead atoms. The van der Waals surface area contributed by atoms with Gasteiger partial charge in [-0.15, -0.1) is 0 Å². The molecule has 2 aromatic carbocycles. The summed E-state index contributed by atoms with van der Waals surface area (Å²) in [6.45, 7) is 3.56. The molecule has 0 aromatic heterocycles. The van der Waals surface area contributed by atoms with Crippen LogP contribution in [0.1, 0.15) is 34.5 Å². The molecule has 0 spiro atoms. The van der Waals surface area contributed by atoms with Crippen molar-refractivity contribution in [2.45, 2.75) is 19.9 Å². The number of nitrogens with one attached hydrogen (secondary N) is 1. The summed E-state index contributed by atoms with van der Waals surface area (Å²) in [5.41, 5.74) is 1.58. The van der Waals surface area contributed by atoms with Gasteiger partial charge in [-0.25, -0.2) is 4.39 Å². The summed E-state index contributed by atoms with van der Waals surface area (Å²) in [4.78, 5) is 12.1. The topological polar surface area (TPSA) is 29.1 Å². The molecule has 110 valence electrons. The third kappa shape index (κ3) is 3.74. The van der Waals surface area contributed by atoms with Crippen LogP contribution in [0.3, 0.4) is 0 Å². The van der Waals surface area contributed by atoms with Gasteiger partial charge in [0.15, 0.2) is 0 Å². The Hall–Kier alpha value is -1.58. The fourth-order valence-corrected chi connectivity index (χ4v) is 2.25. The second-order valence-electron chi connectivity index (χ2n) is 4.85. The van der Waals surface area contributed by atoms with Crippen LogP contribution < -0.4 is 5.32 Å². The van der Waals surface area contributed by atoms with Crippen LogP contribution in [0.15, 0.2) is 36.4 Å². The van der Waals surface area contributed by atoms with Gasteiger partial charge < -0.3 is 5.32 Å². The number of carbonyl (C=O) groups is 1. The Morgan fingerprint density at radius 2 is 1.86 bits per heavy atom. The number of rotatable bonds is 3. The zero-order chi connectivity index (χ0) is 15.6. The van der Waals surface area contributed by atoms with Crippen molar-refractivity contribution >= 4 is 29.1 Å². The minimum Gasteiger partial charge on any atom is -0.345 e. The zero-order valence-corrected chi connectivity index (χ0v) is 13.1. The van der Waals surface area contributed by atoms with Crippen molar-refractivity contribution in [2.75, 3.05) is 0 Å². The highest BCUT2D eigenvalue weighted by atomic mass is 35.5. The van der Waals surface area contributed by atoms with Crippen molar-refractivity contribution in [3.63, 3.8) is 0 Å². The van der Waals surface area contributed by atoms with E-state index in [1.165, 1.54) is 12.1 Å². The van der Waals surface area contributed by atoms with Crippen molar-refractivity contribution in [1.29, 1.82) is 0 Å². The third-order valence-corrected chi connectivity index (χ3v) is 3.90. The Bertz CT molecular complexity index is 688. The minimum atomic E-state index is -0.533. The standard InChI is InChI=1S/C16H14Cl2FNO/c1-9-3-5-12(15(19)7-9)16(21)20-10(2)11-4-6-13(17)14(18)8-11/h3-8,10H,1-2H3,(H,20,21). The Kier molecular flexibility index (Phi) is 4.86. The summed E-state index contributed by atoms with van der Waals surface area (Å²) in [5.74, 6) is -1.00. The molecule has 2 aromatic rings. The second kappa shape index (κ2) is 6.46. The first kappa shape index (κ1) is 15.8. The van der Waals surface area contributed by atoms with Crippen LogP contribution in [0.25, 0.3) is 0 Å². The van der Waals surface area contributed by atoms with Gasteiger partial charge in [0.25, 0.3) is 5.91 Å². The van der Waals surface area contributed by atoms with Crippen molar-refractivity contribution in [3.8, 4) is 0 Å². The molecule has 1 unspecified atom stereocenters. The lowest BCUT2D eigenvalue weighted by Gasteiger charge is -2.15. The van der Waals surface area contributed by atoms with Crippen LogP contribution in [0, 0.1) is 12.7 Å². The summed E-state index contributed by atoms with van der Waals surface area (Å²) >= 11 is 11.8. The van der Waals surface area contributed by atoms with Crippen LogP contribution in [-0.4, -0.2) is 5.91 Å². The maximum Gasteiger partial charge on any atom is 0.254 e. The molecular weight excluding hydrogens is 312 g/mol. The summed E-state index contributed by atoms with van der Waals surface area (Å²) in [6.07, 6.45) is 0. The lowest BCUT2D eigenvalue weighted by molar-refractivity contribution is 0.0936. The Morgan fingerprint density at radius 3 is 2.48 bits per heavy atom. The van der Waals surface area contributed by atoms with E-state index in [0.29, 0.717) is 10.0 Å². The zero-order valence-electron chi connectivity index (χ0n) is 11.6. The third-order valence-electron chi connectivity index (χ3n) is 3.16. The molecule has 0 aliphatic carbocycles. The molecule has 2 nitrogen and oxygen atoms in total. The molecule has 0 heterocycles. The number of aryl methyl sites for hydroxylation is 1. The predicted octanol–water partition coefficient (Wildman–Crippen LogP) is 4.93. The van der Waals surface area contributed by atoms with E-state index in [1.807, 2.05) is 0 Å². The predicted molar refractivity (Wildman–Crippen MR) is 83.5 cm³/mol. The fourth-order valence-electron chi connectivity index (χ4n) is 1.94. The van der Waals surface area contributed by atoms with E-state index in [1.54, 1.807) is 38.1 Å². The SMILES string of the molecule is Cc1ccc(C(=O)NC(C)c2ccc(Cl)c(Cl)c2)c(F)c1. The molecule has 0 aliphatic rings. The molecule has 0 aliphatic heterocycles. The lowest BCUT2D eigenvalue weighted by atomic mass is 10.1. The Balaban J connectivity index is 2.16. The first-order chi connectivity index (χ1) is 9.88. The number of halogens is 3. The van der Waals surface area contributed by atoms with E-state index in [-0.39, 0.29) is 11.6 Å². The normalized spacial score (nSPS) is 12.0. The molecule has 5 heteroatoms. The van der Waals surface area contributed by atoms with Crippen LogP contribution >= 0.6 is 23.2 Å². The van der Waals surface area contributed by atoms with Crippen LogP contribution in [0.5, 0.6) is 0 Å². The molecule has 1 amide bonds. The molecule has 1 atom stereocenters. The quantitative estimate of drug-likeness (QED) is 0.851. The molecule has 0 fully saturated rings. The van der Waals surface area contributed by atoms with Gasteiger partial charge in [-0.1, -0.05) is 35.3 Å². The van der Waals surface area contributed by atoms with Gasteiger partial charge in [0, 0.05) is 0 Å². The van der Waals surface area contributed by atoms with Gasteiger partial charge in [0.2, 0.25) is 0 Å². The molecule has 1 N–H and O–H groups in total. The van der Waals surface area contributed by atoms with Gasteiger partial charge in [-0.05, 0) is 49.2 Å². The average Bonchev–Trinajstić information content (AvgIpc) is 2.41. The van der Waals surface area contributed by atoms with Gasteiger partial charge in [0.1, 0.15) is 5.82 Å². The molecule has 2 rings (SSSR count). The van der Waals surface area contributed by atoms with Crippen LogP contribution in [0.2, 0.25) is 10.0 Å². The smallest absolute Gasteiger partial charge is 0.254 e. The number of carbonyl (C=O) groups excluding carboxylic acids is 1. The fraction of sp³-hybridized carbons (Fsp3) is 0.188. The number of benzene rings is 2. The van der Waals surface area contributed by atoms with E-state index in [2.05, 4.69) is 5.32 Å². The maximum atomic E-state index is 13.8. The van der Waals surface area contributed by atoms with Crippen molar-refractivity contribution in [1.82, 2.24) is 5.32 Å². The number of amides is 1. The molecular formula is C16H14Cl2FNO. The summed E-state index contributed by atoms with van der Waals surface area (Å²) < 4.78 is 13.8. The summed E-state index contributed by atoms with van der Waals surface area (Å²) in [5, 5.41) is 3.60. The summed E-state index contributed by atoms with van der Waals surface area (Å²) in [7, 11) is 0. The van der Waals surface area contributed by atoms with Gasteiger partial charge in [-0.3, -0.25) is 4.79 Å². The van der Waals surface area contributed by atoms with E-state index in [0.717, 1.165) is 11.1 Å². The van der Waals surface area contributed by atoms with Crippen LogP contribution in [0.4, 0.5) is 4.39 Å². The van der Waals surface area contributed by atoms with Crippen LogP contribution in [-0.2, 0) is 0 Å². The monoisotopic (exact) mass is 325 g/mol. The molecule has 0 radical (unpaired) electrons. The molecule has 0 saturated carbocycles. The first-order valence-electron chi connectivity index (χ1n) is 6.40. The highest BCUT2D eigenvalue weighted by molar-refractivity contribution is 6.42. The summed E-state index contributed by atoms with van der Waals surface area (Å²) in [6, 6.07) is 9.30.